The van der Waals surface area contributed by atoms with Crippen LogP contribution in [0.4, 0.5) is 0 Å². The van der Waals surface area contributed by atoms with Crippen molar-refractivity contribution in [3.8, 4) is 0 Å². The molecule has 0 saturated carbocycles. The molecule has 1 atom stereocenters. The Morgan fingerprint density at radius 1 is 1.00 bits per heavy atom. The van der Waals surface area contributed by atoms with E-state index in [-0.39, 0.29) is 51.9 Å². The molecule has 4 heavy (non-hydrogen) atoms. The largest absolute Gasteiger partial charge is 2.00 e. The van der Waals surface area contributed by atoms with Crippen molar-refractivity contribution < 1.29 is 25.0 Å². The van der Waals surface area contributed by atoms with Crippen LogP contribution in [0.1, 0.15) is 0 Å². The smallest absolute Gasteiger partial charge is 2.00 e. The van der Waals surface area contributed by atoms with Crippen LogP contribution in [0.5, 0.6) is 0 Å². The molecule has 0 fully saturated rings. The first-order valence-corrected chi connectivity index (χ1v) is 0. The standard InChI is InChI=1S/O.H3P.H2Se.Zn/h;1H3;1H2;/q-2;;;+2. The minimum absolute atomic E-state index is 0. The van der Waals surface area contributed by atoms with E-state index < -0.39 is 0 Å². The van der Waals surface area contributed by atoms with Gasteiger partial charge in [-0.05, 0) is 0 Å². The molecule has 0 spiro atoms. The fourth-order valence-corrected chi connectivity index (χ4v) is 0. The van der Waals surface area contributed by atoms with E-state index in [1.807, 2.05) is 0 Å². The van der Waals surface area contributed by atoms with Gasteiger partial charge in [0.2, 0.25) is 0 Å². The van der Waals surface area contributed by atoms with Gasteiger partial charge in [-0.1, -0.05) is 0 Å². The van der Waals surface area contributed by atoms with Crippen molar-refractivity contribution in [3.63, 3.8) is 0 Å². The van der Waals surface area contributed by atoms with Crippen molar-refractivity contribution in [2.45, 2.75) is 0 Å². The average molecular weight is 196 g/mol. The monoisotopic (exact) mass is 196 g/mol. The SMILES string of the molecule is P.[O-2].[SeH2].[Zn+2]. The second-order valence-electron chi connectivity index (χ2n) is 0. The minimum Gasteiger partial charge on any atom is 2.00 e. The first-order valence-electron chi connectivity index (χ1n) is 0. The summed E-state index contributed by atoms with van der Waals surface area (Å²) in [7, 11) is 0. The normalized spacial score (nSPS) is 0. The summed E-state index contributed by atoms with van der Waals surface area (Å²) in [6, 6.07) is 0. The van der Waals surface area contributed by atoms with Crippen molar-refractivity contribution in [1.29, 1.82) is 0 Å². The van der Waals surface area contributed by atoms with E-state index in [1.54, 1.807) is 0 Å². The van der Waals surface area contributed by atoms with E-state index in [0.717, 1.165) is 0 Å². The van der Waals surface area contributed by atoms with Gasteiger partial charge in [0.25, 0.3) is 0 Å². The van der Waals surface area contributed by atoms with Crippen molar-refractivity contribution in [2.24, 2.45) is 0 Å². The zero-order valence-electron chi connectivity index (χ0n) is 2.32. The molecule has 0 radical (unpaired) electrons. The van der Waals surface area contributed by atoms with E-state index >= 15 is 0 Å². The Morgan fingerprint density at radius 2 is 1.00 bits per heavy atom. The third-order valence-corrected chi connectivity index (χ3v) is 0. The quantitative estimate of drug-likeness (QED) is 0.352. The van der Waals surface area contributed by atoms with E-state index in [2.05, 4.69) is 0 Å². The molecule has 0 aromatic rings. The third kappa shape index (κ3) is 9.65. The van der Waals surface area contributed by atoms with E-state index in [1.165, 1.54) is 0 Å². The van der Waals surface area contributed by atoms with Crippen molar-refractivity contribution in [1.82, 2.24) is 0 Å². The summed E-state index contributed by atoms with van der Waals surface area (Å²) in [5.41, 5.74) is 0. The predicted octanol–water partition coefficient (Wildman–Crippen LogP) is -0.979. The molecule has 0 rings (SSSR count). The van der Waals surface area contributed by atoms with Crippen LogP contribution < -0.4 is 0 Å². The molecular formula is H5OPSeZn. The summed E-state index contributed by atoms with van der Waals surface area (Å²) in [6.07, 6.45) is 0. The second-order valence-corrected chi connectivity index (χ2v) is 0. The van der Waals surface area contributed by atoms with Crippen LogP contribution >= 0.6 is 9.90 Å². The molecule has 0 N–H and O–H groups in total. The molecule has 0 aliphatic heterocycles. The third-order valence-electron chi connectivity index (χ3n) is 0. The molecule has 0 bridgehead atoms. The van der Waals surface area contributed by atoms with E-state index in [9.17, 15) is 0 Å². The van der Waals surface area contributed by atoms with Crippen LogP contribution in [-0.2, 0) is 25.0 Å². The van der Waals surface area contributed by atoms with Gasteiger partial charge in [0.05, 0.1) is 0 Å². The molecule has 0 saturated heterocycles. The maximum absolute atomic E-state index is 0. The zero-order chi connectivity index (χ0) is 0. The first-order chi connectivity index (χ1) is 0. The second kappa shape index (κ2) is 24.1. The molecule has 0 aromatic carbocycles. The Labute approximate surface area is 52.1 Å². The average Bonchev–Trinajstić information content (AvgIpc) is 0. The van der Waals surface area contributed by atoms with Crippen molar-refractivity contribution in [3.05, 3.63) is 0 Å². The van der Waals surface area contributed by atoms with Crippen molar-refractivity contribution in [2.75, 3.05) is 0 Å². The fraction of sp³-hybridized carbons (Fsp3) is 0. The summed E-state index contributed by atoms with van der Waals surface area (Å²) in [5, 5.41) is 0. The molecule has 0 aliphatic rings. The Balaban J connectivity index is 0. The molecule has 0 aliphatic carbocycles. The fourth-order valence-electron chi connectivity index (χ4n) is 0. The topological polar surface area (TPSA) is 28.5 Å². The number of hydrogen-bond donors (Lipinski definition) is 0. The summed E-state index contributed by atoms with van der Waals surface area (Å²) in [5.74, 6) is 0. The van der Waals surface area contributed by atoms with Crippen LogP contribution in [0.25, 0.3) is 0 Å². The van der Waals surface area contributed by atoms with Crippen LogP contribution in [0, 0.1) is 0 Å². The molecule has 0 amide bonds. The molecule has 0 heterocycles. The molecule has 1 nitrogen and oxygen atoms in total. The molecule has 4 heteroatoms. The molecule has 24 valence electrons. The maximum Gasteiger partial charge on any atom is 2.00 e. The Hall–Kier alpha value is 1.53. The molecular weight excluding hydrogens is 191 g/mol. The van der Waals surface area contributed by atoms with Gasteiger partial charge in [0.15, 0.2) is 0 Å². The first kappa shape index (κ1) is 48.4. The van der Waals surface area contributed by atoms with Gasteiger partial charge in [-0.15, -0.1) is 0 Å². The Kier molecular flexibility index (Phi) is 291. The summed E-state index contributed by atoms with van der Waals surface area (Å²) >= 11 is 0. The van der Waals surface area contributed by atoms with Crippen LogP contribution in [0.15, 0.2) is 0 Å². The summed E-state index contributed by atoms with van der Waals surface area (Å²) in [6.45, 7) is 0. The Morgan fingerprint density at radius 3 is 1.00 bits per heavy atom. The minimum atomic E-state index is 0. The van der Waals surface area contributed by atoms with Crippen LogP contribution in [-0.4, -0.2) is 17.1 Å². The van der Waals surface area contributed by atoms with E-state index in [0.29, 0.717) is 0 Å². The van der Waals surface area contributed by atoms with Gasteiger partial charge < -0.3 is 5.48 Å². The maximum atomic E-state index is 0. The van der Waals surface area contributed by atoms with Crippen LogP contribution in [0.2, 0.25) is 0 Å². The van der Waals surface area contributed by atoms with Gasteiger partial charge in [-0.3, -0.25) is 0 Å². The molecule has 0 aromatic heterocycles. The van der Waals surface area contributed by atoms with E-state index in [4.69, 9.17) is 0 Å². The van der Waals surface area contributed by atoms with Crippen LogP contribution in [0.3, 0.4) is 0 Å². The van der Waals surface area contributed by atoms with Gasteiger partial charge >= 0.3 is 36.5 Å². The molecule has 1 unspecified atom stereocenters. The number of rotatable bonds is 0. The summed E-state index contributed by atoms with van der Waals surface area (Å²) in [4.78, 5) is 0. The Bertz CT molecular complexity index is 8.00. The predicted molar refractivity (Wildman–Crippen MR) is 20.3 cm³/mol. The van der Waals surface area contributed by atoms with Gasteiger partial charge in [-0.25, -0.2) is 0 Å². The summed E-state index contributed by atoms with van der Waals surface area (Å²) < 4.78 is 0. The van der Waals surface area contributed by atoms with Gasteiger partial charge in [0.1, 0.15) is 0 Å². The number of hydrogen-bond acceptors (Lipinski definition) is 0. The van der Waals surface area contributed by atoms with Gasteiger partial charge in [0, 0.05) is 0 Å². The zero-order valence-corrected chi connectivity index (χ0v) is 8.80. The van der Waals surface area contributed by atoms with Gasteiger partial charge in [-0.2, -0.15) is 9.90 Å². The van der Waals surface area contributed by atoms with Crippen molar-refractivity contribution >= 4 is 27.0 Å².